The first-order valence-electron chi connectivity index (χ1n) is 10.5. The van der Waals surface area contributed by atoms with Gasteiger partial charge in [-0.05, 0) is 84.8 Å². The van der Waals surface area contributed by atoms with Crippen molar-refractivity contribution in [3.63, 3.8) is 0 Å². The van der Waals surface area contributed by atoms with Gasteiger partial charge >= 0.3 is 0 Å². The van der Waals surface area contributed by atoms with E-state index in [2.05, 4.69) is 29.6 Å². The number of hydrogen-bond donors (Lipinski definition) is 2. The third-order valence-corrected chi connectivity index (χ3v) is 7.75. The Bertz CT molecular complexity index is 1040. The molecule has 30 heavy (non-hydrogen) atoms. The highest BCUT2D eigenvalue weighted by atomic mass is 32.1. The lowest BCUT2D eigenvalue weighted by Gasteiger charge is -2.46. The number of likely N-dealkylation sites (N-methyl/N-ethyl adjacent to an activating group) is 1. The Balaban J connectivity index is 1.67. The Kier molecular flexibility index (Phi) is 4.42. The van der Waals surface area contributed by atoms with E-state index in [9.17, 15) is 9.90 Å². The van der Waals surface area contributed by atoms with Crippen molar-refractivity contribution in [2.45, 2.75) is 43.7 Å². The monoisotopic (exact) mass is 422 g/mol. The van der Waals surface area contributed by atoms with Crippen molar-refractivity contribution >= 4 is 23.2 Å². The number of hydrogen-bond acceptors (Lipinski definition) is 4. The van der Waals surface area contributed by atoms with Crippen LogP contribution in [0.15, 0.2) is 42.5 Å². The van der Waals surface area contributed by atoms with Gasteiger partial charge in [0.25, 0.3) is 5.91 Å². The highest BCUT2D eigenvalue weighted by Gasteiger charge is 2.66. The van der Waals surface area contributed by atoms with E-state index in [1.807, 2.05) is 18.2 Å². The van der Waals surface area contributed by atoms with Crippen LogP contribution in [0.2, 0.25) is 0 Å². The third-order valence-electron chi connectivity index (χ3n) is 7.38. The van der Waals surface area contributed by atoms with Gasteiger partial charge < -0.3 is 15.2 Å². The van der Waals surface area contributed by atoms with Crippen molar-refractivity contribution in [1.82, 2.24) is 10.2 Å². The quantitative estimate of drug-likeness (QED) is 0.727. The molecule has 1 saturated carbocycles. The molecule has 1 heterocycles. The van der Waals surface area contributed by atoms with E-state index in [1.165, 1.54) is 5.56 Å². The second-order valence-corrected chi connectivity index (χ2v) is 9.22. The molecular formula is C24H26N2O3S. The van der Waals surface area contributed by atoms with Crippen LogP contribution in [0.25, 0.3) is 11.1 Å². The lowest BCUT2D eigenvalue weighted by atomic mass is 9.61. The number of ether oxygens (including phenoxy) is 1. The first-order chi connectivity index (χ1) is 14.4. The normalized spacial score (nSPS) is 30.1. The Morgan fingerprint density at radius 1 is 1.17 bits per heavy atom. The van der Waals surface area contributed by atoms with Gasteiger partial charge in [0.2, 0.25) is 0 Å². The van der Waals surface area contributed by atoms with Gasteiger partial charge in [-0.3, -0.25) is 9.69 Å². The summed E-state index contributed by atoms with van der Waals surface area (Å²) >= 11 is 5.52. The number of amides is 1. The van der Waals surface area contributed by atoms with Crippen LogP contribution in [0.3, 0.4) is 0 Å². The molecule has 2 fully saturated rings. The number of rotatable bonds is 2. The zero-order valence-electron chi connectivity index (χ0n) is 17.3. The molecule has 0 aromatic heterocycles. The Labute approximate surface area is 182 Å². The van der Waals surface area contributed by atoms with Gasteiger partial charge in [-0.1, -0.05) is 24.3 Å². The maximum absolute atomic E-state index is 13.7. The van der Waals surface area contributed by atoms with Crippen molar-refractivity contribution in [3.05, 3.63) is 53.6 Å². The topological polar surface area (TPSA) is 61.8 Å². The minimum atomic E-state index is -0.858. The largest absolute Gasteiger partial charge is 0.497 e. The molecule has 1 saturated heterocycles. The van der Waals surface area contributed by atoms with Crippen LogP contribution in [-0.2, 0) is 16.8 Å². The summed E-state index contributed by atoms with van der Waals surface area (Å²) in [5, 5.41) is 14.1. The predicted octanol–water partition coefficient (Wildman–Crippen LogP) is 3.38. The van der Waals surface area contributed by atoms with Gasteiger partial charge in [-0.15, -0.1) is 0 Å². The molecule has 3 aliphatic rings. The van der Waals surface area contributed by atoms with E-state index in [0.29, 0.717) is 18.0 Å². The summed E-state index contributed by atoms with van der Waals surface area (Å²) in [6.45, 7) is 0. The van der Waals surface area contributed by atoms with E-state index in [4.69, 9.17) is 17.0 Å². The Hall–Kier alpha value is -2.44. The predicted molar refractivity (Wildman–Crippen MR) is 119 cm³/mol. The Morgan fingerprint density at radius 3 is 2.57 bits per heavy atom. The molecule has 5 nitrogen and oxygen atoms in total. The molecule has 2 aliphatic carbocycles. The molecule has 0 radical (unpaired) electrons. The molecule has 2 spiro atoms. The summed E-state index contributed by atoms with van der Waals surface area (Å²) in [6.07, 6.45) is 3.56. The summed E-state index contributed by atoms with van der Waals surface area (Å²) in [5.41, 5.74) is 3.19. The molecular weight excluding hydrogens is 396 g/mol. The fraction of sp³-hybridized carbons (Fsp3) is 0.417. The maximum Gasteiger partial charge on any atom is 0.259 e. The summed E-state index contributed by atoms with van der Waals surface area (Å²) in [4.78, 5) is 15.3. The fourth-order valence-electron chi connectivity index (χ4n) is 5.74. The summed E-state index contributed by atoms with van der Waals surface area (Å²) in [6, 6.07) is 14.4. The number of nitrogens with one attached hydrogen (secondary N) is 1. The summed E-state index contributed by atoms with van der Waals surface area (Å²) < 4.78 is 5.39. The lowest BCUT2D eigenvalue weighted by molar-refractivity contribution is -0.137. The average Bonchev–Trinajstić information content (AvgIpc) is 3.16. The first kappa shape index (κ1) is 19.5. The molecule has 6 heteroatoms. The van der Waals surface area contributed by atoms with E-state index >= 15 is 0 Å². The van der Waals surface area contributed by atoms with Gasteiger partial charge in [0, 0.05) is 12.5 Å². The minimum Gasteiger partial charge on any atom is -0.497 e. The van der Waals surface area contributed by atoms with Crippen LogP contribution in [-0.4, -0.2) is 41.3 Å². The molecule has 1 unspecified atom stereocenters. The minimum absolute atomic E-state index is 0.0189. The Morgan fingerprint density at radius 2 is 1.90 bits per heavy atom. The van der Waals surface area contributed by atoms with E-state index < -0.39 is 5.54 Å². The average molecular weight is 423 g/mol. The van der Waals surface area contributed by atoms with Gasteiger partial charge in [0.15, 0.2) is 10.7 Å². The number of nitrogens with zero attached hydrogens (tertiary/aromatic N) is 1. The van der Waals surface area contributed by atoms with Gasteiger partial charge in [0.1, 0.15) is 5.75 Å². The second-order valence-electron chi connectivity index (χ2n) is 8.84. The molecule has 5 rings (SSSR count). The maximum atomic E-state index is 13.7. The van der Waals surface area contributed by atoms with Crippen molar-refractivity contribution in [1.29, 1.82) is 0 Å². The number of carbonyl (C=O) groups excluding carboxylic acids is 1. The van der Waals surface area contributed by atoms with Gasteiger partial charge in [-0.25, -0.2) is 0 Å². The van der Waals surface area contributed by atoms with Crippen molar-refractivity contribution in [2.24, 2.45) is 5.41 Å². The second kappa shape index (κ2) is 6.79. The number of aliphatic hydroxyl groups excluding tert-OH is 1. The lowest BCUT2D eigenvalue weighted by Crippen LogP contribution is -2.56. The number of fused-ring (bicyclic) bond motifs is 3. The number of carbonyl (C=O) groups is 1. The zero-order chi connectivity index (χ0) is 21.1. The van der Waals surface area contributed by atoms with Gasteiger partial charge in [-0.2, -0.15) is 0 Å². The highest BCUT2D eigenvalue weighted by Crippen LogP contribution is 2.60. The standard InChI is InChI=1S/C24H26N2O3S/c1-26-21(28)24(25-22(26)30)20-13-16(15-4-3-5-19(12-15)29-2)6-7-17(20)14-23(24)10-8-18(27)9-11-23/h3-7,12-13,18,27H,8-11,14H2,1-2H3,(H,25,30). The van der Waals surface area contributed by atoms with Crippen LogP contribution in [0.5, 0.6) is 5.75 Å². The van der Waals surface area contributed by atoms with Crippen LogP contribution >= 0.6 is 12.2 Å². The smallest absolute Gasteiger partial charge is 0.259 e. The molecule has 1 aliphatic heterocycles. The number of thiocarbonyl (C=S) groups is 1. The molecule has 0 bridgehead atoms. The molecule has 1 atom stereocenters. The zero-order valence-corrected chi connectivity index (χ0v) is 18.1. The van der Waals surface area contributed by atoms with E-state index in [0.717, 1.165) is 41.7 Å². The molecule has 2 N–H and O–H groups in total. The number of aliphatic hydroxyl groups is 1. The van der Waals surface area contributed by atoms with E-state index in [-0.39, 0.29) is 17.4 Å². The summed E-state index contributed by atoms with van der Waals surface area (Å²) in [5.74, 6) is 0.821. The highest BCUT2D eigenvalue weighted by molar-refractivity contribution is 7.80. The van der Waals surface area contributed by atoms with Crippen LogP contribution in [0.4, 0.5) is 0 Å². The first-order valence-corrected chi connectivity index (χ1v) is 10.9. The third kappa shape index (κ3) is 2.56. The van der Waals surface area contributed by atoms with Gasteiger partial charge in [0.05, 0.1) is 13.2 Å². The molecule has 156 valence electrons. The summed E-state index contributed by atoms with van der Waals surface area (Å²) in [7, 11) is 3.41. The van der Waals surface area contributed by atoms with Crippen LogP contribution in [0.1, 0.15) is 36.8 Å². The van der Waals surface area contributed by atoms with Crippen molar-refractivity contribution in [3.8, 4) is 16.9 Å². The van der Waals surface area contributed by atoms with E-state index in [1.54, 1.807) is 19.1 Å². The fourth-order valence-corrected chi connectivity index (χ4v) is 5.97. The number of benzene rings is 2. The molecule has 2 aromatic rings. The van der Waals surface area contributed by atoms with Crippen molar-refractivity contribution < 1.29 is 14.6 Å². The molecule has 2 aromatic carbocycles. The molecule has 1 amide bonds. The van der Waals surface area contributed by atoms with Crippen molar-refractivity contribution in [2.75, 3.05) is 14.2 Å². The van der Waals surface area contributed by atoms with Crippen LogP contribution in [0, 0.1) is 5.41 Å². The van der Waals surface area contributed by atoms with Crippen LogP contribution < -0.4 is 10.1 Å². The number of methoxy groups -OCH3 is 1. The SMILES string of the molecule is COc1cccc(-c2ccc3c(c2)C2(NC(=S)N(C)C2=O)C2(CCC(O)CC2)C3)c1.